The van der Waals surface area contributed by atoms with E-state index in [1.807, 2.05) is 29.8 Å². The fourth-order valence-corrected chi connectivity index (χ4v) is 4.00. The molecule has 0 saturated carbocycles. The number of aromatic nitrogens is 2. The van der Waals surface area contributed by atoms with Gasteiger partial charge >= 0.3 is 0 Å². The maximum absolute atomic E-state index is 12.6. The predicted molar refractivity (Wildman–Crippen MR) is 105 cm³/mol. The fourth-order valence-electron chi connectivity index (χ4n) is 2.81. The van der Waals surface area contributed by atoms with Crippen molar-refractivity contribution in [3.8, 4) is 17.5 Å². The number of nitrogens with one attached hydrogen (secondary N) is 1. The van der Waals surface area contributed by atoms with Gasteiger partial charge in [0, 0.05) is 6.20 Å². The molecule has 148 valence electrons. The molecule has 9 heteroatoms. The van der Waals surface area contributed by atoms with Gasteiger partial charge < -0.3 is 4.74 Å². The Labute approximate surface area is 168 Å². The lowest BCUT2D eigenvalue weighted by Gasteiger charge is -2.10. The maximum Gasteiger partial charge on any atom is 0.285 e. The summed E-state index contributed by atoms with van der Waals surface area (Å²) in [5, 5.41) is 13.1. The van der Waals surface area contributed by atoms with E-state index in [2.05, 4.69) is 5.10 Å². The summed E-state index contributed by atoms with van der Waals surface area (Å²) in [5.74, 6) is -0.300. The van der Waals surface area contributed by atoms with Crippen LogP contribution >= 0.6 is 0 Å². The van der Waals surface area contributed by atoms with Crippen LogP contribution in [0.5, 0.6) is 5.75 Å². The van der Waals surface area contributed by atoms with Crippen molar-refractivity contribution in [2.45, 2.75) is 18.7 Å². The highest BCUT2D eigenvalue weighted by Gasteiger charge is 2.22. The number of methoxy groups -OCH3 is 1. The molecule has 1 heterocycles. The normalized spacial score (nSPS) is 11.0. The van der Waals surface area contributed by atoms with E-state index >= 15 is 0 Å². The van der Waals surface area contributed by atoms with Crippen LogP contribution in [0.2, 0.25) is 0 Å². The number of carbonyl (C=O) groups is 1. The van der Waals surface area contributed by atoms with Crippen LogP contribution in [0, 0.1) is 25.2 Å². The maximum atomic E-state index is 12.6. The summed E-state index contributed by atoms with van der Waals surface area (Å²) in [6.45, 7) is 3.46. The number of benzene rings is 2. The quantitative estimate of drug-likeness (QED) is 0.691. The molecule has 1 N–H and O–H groups in total. The van der Waals surface area contributed by atoms with Crippen molar-refractivity contribution in [1.29, 1.82) is 5.26 Å². The topological polar surface area (TPSA) is 114 Å². The van der Waals surface area contributed by atoms with Gasteiger partial charge in [0.05, 0.1) is 23.6 Å². The fraction of sp³-hybridized carbons (Fsp3) is 0.150. The highest BCUT2D eigenvalue weighted by Crippen LogP contribution is 2.23. The van der Waals surface area contributed by atoms with E-state index in [-0.39, 0.29) is 10.6 Å². The van der Waals surface area contributed by atoms with Gasteiger partial charge in [-0.05, 0) is 61.4 Å². The zero-order chi connectivity index (χ0) is 21.2. The molecule has 1 aromatic heterocycles. The molecule has 0 radical (unpaired) electrons. The first-order chi connectivity index (χ1) is 13.7. The second-order valence-electron chi connectivity index (χ2n) is 6.35. The molecule has 0 aliphatic rings. The number of nitrogens with zero attached hydrogens (tertiary/aromatic N) is 3. The molecule has 8 nitrogen and oxygen atoms in total. The number of aryl methyl sites for hydroxylation is 2. The minimum Gasteiger partial charge on any atom is -0.494 e. The molecule has 0 aliphatic heterocycles. The van der Waals surface area contributed by atoms with Gasteiger partial charge in [-0.2, -0.15) is 10.4 Å². The van der Waals surface area contributed by atoms with Crippen LogP contribution in [0.3, 0.4) is 0 Å². The first-order valence-corrected chi connectivity index (χ1v) is 10.0. The number of amides is 1. The third-order valence-electron chi connectivity index (χ3n) is 4.22. The van der Waals surface area contributed by atoms with Gasteiger partial charge in [-0.3, -0.25) is 4.79 Å². The number of nitriles is 1. The number of sulfonamides is 1. The van der Waals surface area contributed by atoms with E-state index in [0.717, 1.165) is 5.56 Å². The van der Waals surface area contributed by atoms with Gasteiger partial charge in [0.25, 0.3) is 15.9 Å². The van der Waals surface area contributed by atoms with Crippen molar-refractivity contribution in [3.63, 3.8) is 0 Å². The Kier molecular flexibility index (Phi) is 5.39. The molecule has 2 aromatic carbocycles. The number of hydrogen-bond donors (Lipinski definition) is 1. The average molecular weight is 410 g/mol. The average Bonchev–Trinajstić information content (AvgIpc) is 3.17. The predicted octanol–water partition coefficient (Wildman–Crippen LogP) is 2.49. The molecule has 3 aromatic rings. The summed E-state index contributed by atoms with van der Waals surface area (Å²) >= 11 is 0. The molecule has 0 aliphatic carbocycles. The lowest BCUT2D eigenvalue weighted by atomic mass is 10.2. The minimum atomic E-state index is -4.12. The van der Waals surface area contributed by atoms with E-state index in [9.17, 15) is 13.2 Å². The number of carbonyl (C=O) groups excluding carboxylic acids is 1. The summed E-state index contributed by atoms with van der Waals surface area (Å²) in [6, 6.07) is 13.0. The Morgan fingerprint density at radius 3 is 2.59 bits per heavy atom. The van der Waals surface area contributed by atoms with Gasteiger partial charge in [-0.1, -0.05) is 6.07 Å². The van der Waals surface area contributed by atoms with Crippen LogP contribution in [-0.2, 0) is 10.0 Å². The van der Waals surface area contributed by atoms with E-state index in [4.69, 9.17) is 10.00 Å². The summed E-state index contributed by atoms with van der Waals surface area (Å²) < 4.78 is 34.0. The van der Waals surface area contributed by atoms with Crippen molar-refractivity contribution in [2.75, 3.05) is 7.11 Å². The lowest BCUT2D eigenvalue weighted by molar-refractivity contribution is 0.0976. The van der Waals surface area contributed by atoms with Gasteiger partial charge in [-0.15, -0.1) is 0 Å². The van der Waals surface area contributed by atoms with Gasteiger partial charge in [-0.25, -0.2) is 17.8 Å². The van der Waals surface area contributed by atoms with Gasteiger partial charge in [0.2, 0.25) is 0 Å². The van der Waals surface area contributed by atoms with Crippen LogP contribution < -0.4 is 9.46 Å². The summed E-state index contributed by atoms with van der Waals surface area (Å²) in [5.41, 5.74) is 2.22. The molecule has 0 unspecified atom stereocenters. The van der Waals surface area contributed by atoms with Crippen LogP contribution in [0.4, 0.5) is 0 Å². The second-order valence-corrected chi connectivity index (χ2v) is 8.00. The smallest absolute Gasteiger partial charge is 0.285 e. The van der Waals surface area contributed by atoms with Crippen molar-refractivity contribution < 1.29 is 17.9 Å². The Morgan fingerprint density at radius 2 is 1.93 bits per heavy atom. The highest BCUT2D eigenvalue weighted by atomic mass is 32.2. The summed E-state index contributed by atoms with van der Waals surface area (Å²) in [6.07, 6.45) is 1.55. The van der Waals surface area contributed by atoms with Crippen LogP contribution in [0.25, 0.3) is 5.69 Å². The van der Waals surface area contributed by atoms with E-state index < -0.39 is 15.9 Å². The molecule has 1 amide bonds. The van der Waals surface area contributed by atoms with E-state index in [0.29, 0.717) is 22.6 Å². The SMILES string of the molecule is COc1ccc(C)cc1-n1ccc(C(=O)NS(=O)(=O)c2ccc(C#N)cc2C)n1. The zero-order valence-electron chi connectivity index (χ0n) is 16.0. The molecular formula is C20H18N4O4S. The number of ether oxygens (including phenoxy) is 1. The Balaban J connectivity index is 1.88. The zero-order valence-corrected chi connectivity index (χ0v) is 16.8. The first kappa shape index (κ1) is 20.1. The summed E-state index contributed by atoms with van der Waals surface area (Å²) in [7, 11) is -2.60. The highest BCUT2D eigenvalue weighted by molar-refractivity contribution is 7.90. The second kappa shape index (κ2) is 7.77. The van der Waals surface area contributed by atoms with Crippen LogP contribution in [0.1, 0.15) is 27.2 Å². The molecular weight excluding hydrogens is 392 g/mol. The molecule has 0 bridgehead atoms. The summed E-state index contributed by atoms with van der Waals surface area (Å²) in [4.78, 5) is 12.4. The lowest BCUT2D eigenvalue weighted by Crippen LogP contribution is -2.31. The van der Waals surface area contributed by atoms with Gasteiger partial charge in [0.1, 0.15) is 11.4 Å². The standard InChI is InChI=1S/C20H18N4O4S/c1-13-4-6-18(28-3)17(10-13)24-9-8-16(22-24)20(25)23-29(26,27)19-7-5-15(12-21)11-14(19)2/h4-11H,1-3H3,(H,23,25). The van der Waals surface area contributed by atoms with Crippen LogP contribution in [0.15, 0.2) is 53.6 Å². The molecule has 0 spiro atoms. The van der Waals surface area contributed by atoms with E-state index in [1.54, 1.807) is 19.2 Å². The largest absolute Gasteiger partial charge is 0.494 e. The molecule has 29 heavy (non-hydrogen) atoms. The Morgan fingerprint density at radius 1 is 1.17 bits per heavy atom. The third kappa shape index (κ3) is 4.12. The van der Waals surface area contributed by atoms with Gasteiger partial charge in [0.15, 0.2) is 5.69 Å². The monoisotopic (exact) mass is 410 g/mol. The minimum absolute atomic E-state index is 0.0663. The van der Waals surface area contributed by atoms with Crippen molar-refractivity contribution in [1.82, 2.24) is 14.5 Å². The third-order valence-corrected chi connectivity index (χ3v) is 5.71. The van der Waals surface area contributed by atoms with Crippen LogP contribution in [-0.4, -0.2) is 31.2 Å². The number of hydrogen-bond acceptors (Lipinski definition) is 6. The Bertz CT molecular complexity index is 1240. The first-order valence-electron chi connectivity index (χ1n) is 8.54. The molecule has 0 saturated heterocycles. The van der Waals surface area contributed by atoms with Crippen molar-refractivity contribution in [3.05, 3.63) is 71.0 Å². The molecule has 3 rings (SSSR count). The van der Waals surface area contributed by atoms with E-state index in [1.165, 1.54) is 36.1 Å². The molecule has 0 atom stereocenters. The molecule has 0 fully saturated rings. The van der Waals surface area contributed by atoms with Crippen molar-refractivity contribution >= 4 is 15.9 Å². The Hall–Kier alpha value is -3.64. The van der Waals surface area contributed by atoms with Crippen molar-refractivity contribution in [2.24, 2.45) is 0 Å². The number of rotatable bonds is 5.